The Kier molecular flexibility index (Phi) is 4.45. The van der Waals surface area contributed by atoms with Crippen LogP contribution in [0.2, 0.25) is 0 Å². The standard InChI is InChI=1S/C21H23NO3/c23-16(13-22-12-11-15-5-1-2-8-19(15)22)14-25-21-10-4-6-17-18(21)7-3-9-20(17)24/h1-2,4-6,8,10,16,23H,3,7,9,11-14H2. The number of Topliss-reactive ketones (excluding diaryl/α,β-unsaturated/α-hetero) is 1. The molecule has 1 aliphatic carbocycles. The summed E-state index contributed by atoms with van der Waals surface area (Å²) in [4.78, 5) is 14.2. The second kappa shape index (κ2) is 6.89. The van der Waals surface area contributed by atoms with Crippen molar-refractivity contribution in [2.75, 3.05) is 24.6 Å². The Hall–Kier alpha value is -2.33. The van der Waals surface area contributed by atoms with Gasteiger partial charge in [0, 0.05) is 36.3 Å². The van der Waals surface area contributed by atoms with E-state index in [0.29, 0.717) is 13.0 Å². The summed E-state index contributed by atoms with van der Waals surface area (Å²) in [6.45, 7) is 1.74. The number of aliphatic hydroxyl groups is 1. The number of ketones is 1. The SMILES string of the molecule is O=C1CCCc2c(OCC(O)CN3CCc4ccccc43)cccc21. The normalized spacial score (nSPS) is 17.2. The number of anilines is 1. The summed E-state index contributed by atoms with van der Waals surface area (Å²) in [5, 5.41) is 10.4. The molecule has 0 amide bonds. The molecular formula is C21H23NO3. The molecular weight excluding hydrogens is 314 g/mol. The first kappa shape index (κ1) is 16.2. The molecule has 1 atom stereocenters. The van der Waals surface area contributed by atoms with Crippen LogP contribution < -0.4 is 9.64 Å². The molecule has 25 heavy (non-hydrogen) atoms. The molecule has 0 bridgehead atoms. The molecule has 2 aromatic carbocycles. The van der Waals surface area contributed by atoms with E-state index in [1.165, 1.54) is 11.3 Å². The maximum Gasteiger partial charge on any atom is 0.163 e. The van der Waals surface area contributed by atoms with E-state index in [4.69, 9.17) is 4.74 Å². The average Bonchev–Trinajstić information content (AvgIpc) is 3.03. The van der Waals surface area contributed by atoms with Crippen molar-refractivity contribution >= 4 is 11.5 Å². The third-order valence-corrected chi connectivity index (χ3v) is 5.11. The molecule has 1 heterocycles. The predicted molar refractivity (Wildman–Crippen MR) is 97.6 cm³/mol. The fourth-order valence-corrected chi connectivity index (χ4v) is 3.87. The minimum atomic E-state index is -0.568. The van der Waals surface area contributed by atoms with Gasteiger partial charge in [0.15, 0.2) is 5.78 Å². The Balaban J connectivity index is 1.39. The number of hydrogen-bond acceptors (Lipinski definition) is 4. The van der Waals surface area contributed by atoms with E-state index in [-0.39, 0.29) is 12.4 Å². The Morgan fingerprint density at radius 2 is 1.96 bits per heavy atom. The molecule has 0 radical (unpaired) electrons. The first-order valence-corrected chi connectivity index (χ1v) is 9.01. The fourth-order valence-electron chi connectivity index (χ4n) is 3.87. The molecule has 4 rings (SSSR count). The van der Waals surface area contributed by atoms with Crippen LogP contribution >= 0.6 is 0 Å². The number of para-hydroxylation sites is 1. The summed E-state index contributed by atoms with van der Waals surface area (Å²) in [7, 11) is 0. The number of nitrogens with zero attached hydrogens (tertiary/aromatic N) is 1. The van der Waals surface area contributed by atoms with E-state index in [1.807, 2.05) is 24.3 Å². The quantitative estimate of drug-likeness (QED) is 0.911. The van der Waals surface area contributed by atoms with Crippen molar-refractivity contribution in [3.05, 3.63) is 59.2 Å². The number of ether oxygens (including phenoxy) is 1. The average molecular weight is 337 g/mol. The smallest absolute Gasteiger partial charge is 0.163 e. The highest BCUT2D eigenvalue weighted by Crippen LogP contribution is 2.30. The number of benzene rings is 2. The number of hydrogen-bond donors (Lipinski definition) is 1. The number of carbonyl (C=O) groups is 1. The lowest BCUT2D eigenvalue weighted by molar-refractivity contribution is 0.0968. The molecule has 1 N–H and O–H groups in total. The van der Waals surface area contributed by atoms with Crippen LogP contribution in [0, 0.1) is 0 Å². The summed E-state index contributed by atoms with van der Waals surface area (Å²) in [6.07, 6.45) is 2.82. The van der Waals surface area contributed by atoms with Crippen molar-refractivity contribution in [1.82, 2.24) is 0 Å². The summed E-state index contributed by atoms with van der Waals surface area (Å²) in [5.74, 6) is 0.937. The molecule has 0 saturated carbocycles. The molecule has 0 spiro atoms. The molecule has 130 valence electrons. The minimum Gasteiger partial charge on any atom is -0.491 e. The van der Waals surface area contributed by atoms with Gasteiger partial charge >= 0.3 is 0 Å². The highest BCUT2D eigenvalue weighted by atomic mass is 16.5. The number of carbonyl (C=O) groups excluding carboxylic acids is 1. The third-order valence-electron chi connectivity index (χ3n) is 5.11. The van der Waals surface area contributed by atoms with Crippen molar-refractivity contribution < 1.29 is 14.6 Å². The van der Waals surface area contributed by atoms with Gasteiger partial charge in [0.1, 0.15) is 18.5 Å². The van der Waals surface area contributed by atoms with Gasteiger partial charge in [0.25, 0.3) is 0 Å². The highest BCUT2D eigenvalue weighted by molar-refractivity contribution is 5.99. The van der Waals surface area contributed by atoms with Crippen LogP contribution in [0.4, 0.5) is 5.69 Å². The van der Waals surface area contributed by atoms with Gasteiger partial charge in [-0.1, -0.05) is 30.3 Å². The van der Waals surface area contributed by atoms with Gasteiger partial charge in [-0.15, -0.1) is 0 Å². The van der Waals surface area contributed by atoms with E-state index in [2.05, 4.69) is 23.1 Å². The van der Waals surface area contributed by atoms with Crippen molar-refractivity contribution in [3.63, 3.8) is 0 Å². The molecule has 0 fully saturated rings. The molecule has 1 unspecified atom stereocenters. The van der Waals surface area contributed by atoms with E-state index in [9.17, 15) is 9.90 Å². The number of aliphatic hydroxyl groups excluding tert-OH is 1. The van der Waals surface area contributed by atoms with Gasteiger partial charge in [-0.3, -0.25) is 4.79 Å². The Labute approximate surface area is 148 Å². The molecule has 4 nitrogen and oxygen atoms in total. The molecule has 4 heteroatoms. The zero-order chi connectivity index (χ0) is 17.2. The van der Waals surface area contributed by atoms with Gasteiger partial charge in [0.05, 0.1) is 0 Å². The van der Waals surface area contributed by atoms with Crippen LogP contribution in [0.3, 0.4) is 0 Å². The second-order valence-electron chi connectivity index (χ2n) is 6.85. The van der Waals surface area contributed by atoms with Gasteiger partial charge in [0.2, 0.25) is 0 Å². The number of rotatable bonds is 5. The topological polar surface area (TPSA) is 49.8 Å². The Bertz CT molecular complexity index is 786. The van der Waals surface area contributed by atoms with E-state index < -0.39 is 6.10 Å². The first-order valence-electron chi connectivity index (χ1n) is 9.01. The first-order chi connectivity index (χ1) is 12.2. The van der Waals surface area contributed by atoms with E-state index >= 15 is 0 Å². The monoisotopic (exact) mass is 337 g/mol. The van der Waals surface area contributed by atoms with E-state index in [0.717, 1.165) is 42.7 Å². The third kappa shape index (κ3) is 3.27. The van der Waals surface area contributed by atoms with Crippen LogP contribution in [0.25, 0.3) is 0 Å². The van der Waals surface area contributed by atoms with Crippen LogP contribution in [0.1, 0.15) is 34.3 Å². The molecule has 0 saturated heterocycles. The van der Waals surface area contributed by atoms with Crippen LogP contribution in [-0.4, -0.2) is 36.7 Å². The van der Waals surface area contributed by atoms with Gasteiger partial charge in [-0.05, 0) is 37.0 Å². The number of fused-ring (bicyclic) bond motifs is 2. The van der Waals surface area contributed by atoms with Crippen molar-refractivity contribution in [2.24, 2.45) is 0 Å². The highest BCUT2D eigenvalue weighted by Gasteiger charge is 2.23. The maximum atomic E-state index is 12.0. The molecule has 2 aliphatic rings. The summed E-state index contributed by atoms with van der Waals surface area (Å²) >= 11 is 0. The zero-order valence-corrected chi connectivity index (χ0v) is 14.3. The lowest BCUT2D eigenvalue weighted by Gasteiger charge is -2.24. The Morgan fingerprint density at radius 3 is 2.88 bits per heavy atom. The zero-order valence-electron chi connectivity index (χ0n) is 14.3. The van der Waals surface area contributed by atoms with Gasteiger partial charge in [-0.25, -0.2) is 0 Å². The fraction of sp³-hybridized carbons (Fsp3) is 0.381. The van der Waals surface area contributed by atoms with Crippen LogP contribution in [0.15, 0.2) is 42.5 Å². The van der Waals surface area contributed by atoms with Crippen molar-refractivity contribution in [2.45, 2.75) is 31.8 Å². The van der Waals surface area contributed by atoms with Gasteiger partial charge in [-0.2, -0.15) is 0 Å². The van der Waals surface area contributed by atoms with Crippen LogP contribution in [0.5, 0.6) is 5.75 Å². The molecule has 0 aromatic heterocycles. The van der Waals surface area contributed by atoms with Crippen molar-refractivity contribution in [1.29, 1.82) is 0 Å². The summed E-state index contributed by atoms with van der Waals surface area (Å²) < 4.78 is 5.88. The molecule has 1 aliphatic heterocycles. The molecule has 2 aromatic rings. The minimum absolute atomic E-state index is 0.195. The second-order valence-corrected chi connectivity index (χ2v) is 6.85. The summed E-state index contributed by atoms with van der Waals surface area (Å²) in [5.41, 5.74) is 4.33. The largest absolute Gasteiger partial charge is 0.491 e. The van der Waals surface area contributed by atoms with Gasteiger partial charge < -0.3 is 14.7 Å². The van der Waals surface area contributed by atoms with Crippen molar-refractivity contribution in [3.8, 4) is 5.75 Å². The lowest BCUT2D eigenvalue weighted by atomic mass is 9.90. The van der Waals surface area contributed by atoms with E-state index in [1.54, 1.807) is 0 Å². The lowest BCUT2D eigenvalue weighted by Crippen LogP contribution is -2.34. The summed E-state index contributed by atoms with van der Waals surface area (Å²) in [6, 6.07) is 14.0. The maximum absolute atomic E-state index is 12.0. The van der Waals surface area contributed by atoms with Crippen LogP contribution in [-0.2, 0) is 12.8 Å². The number of β-amino-alcohol motifs (C(OH)–C–C–N with tert-alkyl or cyclic N) is 1. The Morgan fingerprint density at radius 1 is 1.08 bits per heavy atom. The predicted octanol–water partition coefficient (Wildman–Crippen LogP) is 3.01.